The average molecular weight is 453 g/mol. The van der Waals surface area contributed by atoms with E-state index in [1.165, 1.54) is 16.0 Å². The number of hydrogen-bond acceptors (Lipinski definition) is 5. The summed E-state index contributed by atoms with van der Waals surface area (Å²) in [6.07, 6.45) is 3.17. The lowest BCUT2D eigenvalue weighted by molar-refractivity contribution is 0.102. The number of nitrogens with one attached hydrogen (secondary N) is 1. The molecule has 0 aliphatic carbocycles. The summed E-state index contributed by atoms with van der Waals surface area (Å²) >= 11 is 7.62. The lowest BCUT2D eigenvalue weighted by Gasteiger charge is -2.09. The zero-order valence-corrected chi connectivity index (χ0v) is 18.8. The number of hydrogen-bond donors (Lipinski definition) is 1. The highest BCUT2D eigenvalue weighted by Crippen LogP contribution is 2.24. The van der Waals surface area contributed by atoms with E-state index in [9.17, 15) is 9.59 Å². The molecule has 0 unspecified atom stereocenters. The maximum Gasteiger partial charge on any atom is 0.278 e. The molecule has 0 fully saturated rings. The van der Waals surface area contributed by atoms with Gasteiger partial charge in [-0.2, -0.15) is 5.10 Å². The van der Waals surface area contributed by atoms with E-state index in [-0.39, 0.29) is 17.2 Å². The van der Waals surface area contributed by atoms with Crippen LogP contribution in [0, 0.1) is 6.92 Å². The summed E-state index contributed by atoms with van der Waals surface area (Å²) in [5.41, 5.74) is 2.14. The Morgan fingerprint density at radius 2 is 1.97 bits per heavy atom. The van der Waals surface area contributed by atoms with E-state index in [2.05, 4.69) is 15.4 Å². The number of benzene rings is 2. The van der Waals surface area contributed by atoms with Gasteiger partial charge in [-0.05, 0) is 36.6 Å². The molecular weight excluding hydrogens is 432 g/mol. The fourth-order valence-corrected chi connectivity index (χ4v) is 4.36. The van der Waals surface area contributed by atoms with Crippen molar-refractivity contribution in [2.75, 3.05) is 5.32 Å². The van der Waals surface area contributed by atoms with Crippen molar-refractivity contribution in [1.82, 2.24) is 14.8 Å². The first-order valence-corrected chi connectivity index (χ1v) is 11.2. The molecule has 4 aromatic rings. The van der Waals surface area contributed by atoms with Gasteiger partial charge >= 0.3 is 0 Å². The fraction of sp³-hybridized carbons (Fsp3) is 0.217. The predicted molar refractivity (Wildman–Crippen MR) is 125 cm³/mol. The molecule has 2 heterocycles. The Hall–Kier alpha value is -3.03. The zero-order valence-electron chi connectivity index (χ0n) is 17.2. The van der Waals surface area contributed by atoms with Gasteiger partial charge in [-0.1, -0.05) is 48.9 Å². The Morgan fingerprint density at radius 1 is 1.19 bits per heavy atom. The van der Waals surface area contributed by atoms with Gasteiger partial charge in [-0.3, -0.25) is 14.9 Å². The third-order valence-electron chi connectivity index (χ3n) is 4.91. The molecule has 0 saturated carbocycles. The molecule has 1 N–H and O–H groups in total. The zero-order chi connectivity index (χ0) is 22.0. The number of carbonyl (C=O) groups excluding carboxylic acids is 1. The molecule has 0 saturated heterocycles. The third kappa shape index (κ3) is 4.52. The molecule has 0 bridgehead atoms. The van der Waals surface area contributed by atoms with Crippen molar-refractivity contribution in [3.63, 3.8) is 0 Å². The van der Waals surface area contributed by atoms with Gasteiger partial charge in [-0.25, -0.2) is 9.67 Å². The largest absolute Gasteiger partial charge is 0.296 e. The maximum atomic E-state index is 13.0. The number of carbonyl (C=O) groups is 1. The second-order valence-corrected chi connectivity index (χ2v) is 8.79. The fourth-order valence-electron chi connectivity index (χ4n) is 3.32. The van der Waals surface area contributed by atoms with Crippen molar-refractivity contribution in [2.45, 2.75) is 33.2 Å². The van der Waals surface area contributed by atoms with Crippen molar-refractivity contribution >= 4 is 44.7 Å². The minimum atomic E-state index is -0.389. The predicted octanol–water partition coefficient (Wildman–Crippen LogP) is 5.07. The Bertz CT molecular complexity index is 1330. The topological polar surface area (TPSA) is 76.9 Å². The van der Waals surface area contributed by atoms with Crippen molar-refractivity contribution in [3.8, 4) is 0 Å². The van der Waals surface area contributed by atoms with Gasteiger partial charge in [-0.15, -0.1) is 11.3 Å². The van der Waals surface area contributed by atoms with Gasteiger partial charge in [0, 0.05) is 34.4 Å². The molecule has 0 radical (unpaired) electrons. The van der Waals surface area contributed by atoms with E-state index in [1.807, 2.05) is 32.0 Å². The van der Waals surface area contributed by atoms with Gasteiger partial charge in [0.25, 0.3) is 11.5 Å². The Kier molecular flexibility index (Phi) is 6.15. The van der Waals surface area contributed by atoms with Crippen LogP contribution in [-0.2, 0) is 13.0 Å². The summed E-state index contributed by atoms with van der Waals surface area (Å²) in [4.78, 5) is 31.0. The lowest BCUT2D eigenvalue weighted by Crippen LogP contribution is -2.27. The number of fused-ring (bicyclic) bond motifs is 1. The number of nitrogens with zero attached hydrogens (tertiary/aromatic N) is 3. The van der Waals surface area contributed by atoms with Crippen LogP contribution in [0.5, 0.6) is 0 Å². The van der Waals surface area contributed by atoms with Crippen LogP contribution in [0.15, 0.2) is 53.5 Å². The Morgan fingerprint density at radius 3 is 2.71 bits per heavy atom. The van der Waals surface area contributed by atoms with Crippen LogP contribution in [0.1, 0.15) is 39.8 Å². The number of amides is 1. The van der Waals surface area contributed by atoms with Gasteiger partial charge in [0.05, 0.1) is 5.39 Å². The Labute approximate surface area is 188 Å². The van der Waals surface area contributed by atoms with Crippen molar-refractivity contribution in [2.24, 2.45) is 0 Å². The molecule has 2 aromatic carbocycles. The molecule has 31 heavy (non-hydrogen) atoms. The van der Waals surface area contributed by atoms with E-state index in [4.69, 9.17) is 11.6 Å². The minimum absolute atomic E-state index is 0.192. The van der Waals surface area contributed by atoms with E-state index >= 15 is 0 Å². The molecule has 0 aliphatic rings. The summed E-state index contributed by atoms with van der Waals surface area (Å²) < 4.78 is 1.35. The monoisotopic (exact) mass is 452 g/mol. The van der Waals surface area contributed by atoms with Crippen LogP contribution in [0.3, 0.4) is 0 Å². The molecular formula is C23H21ClN4O2S. The van der Waals surface area contributed by atoms with Gasteiger partial charge in [0.15, 0.2) is 10.8 Å². The number of halogens is 1. The van der Waals surface area contributed by atoms with E-state index < -0.39 is 0 Å². The summed E-state index contributed by atoms with van der Waals surface area (Å²) in [6.45, 7) is 4.37. The first kappa shape index (κ1) is 21.2. The van der Waals surface area contributed by atoms with E-state index in [1.54, 1.807) is 30.5 Å². The lowest BCUT2D eigenvalue weighted by atomic mass is 10.1. The summed E-state index contributed by atoms with van der Waals surface area (Å²) in [6, 6.07) is 13.0. The van der Waals surface area contributed by atoms with Crippen molar-refractivity contribution in [1.29, 1.82) is 0 Å². The van der Waals surface area contributed by atoms with Crippen molar-refractivity contribution < 1.29 is 4.79 Å². The van der Waals surface area contributed by atoms with Crippen LogP contribution >= 0.6 is 22.9 Å². The average Bonchev–Trinajstić information content (AvgIpc) is 3.19. The number of thiazole rings is 1. The molecule has 6 nitrogen and oxygen atoms in total. The van der Waals surface area contributed by atoms with Crippen LogP contribution in [0.4, 0.5) is 5.13 Å². The van der Waals surface area contributed by atoms with Gasteiger partial charge in [0.1, 0.15) is 0 Å². The van der Waals surface area contributed by atoms with Crippen LogP contribution in [0.25, 0.3) is 10.8 Å². The molecule has 4 rings (SSSR count). The molecule has 0 aliphatic heterocycles. The number of aromatic nitrogens is 3. The van der Waals surface area contributed by atoms with E-state index in [0.29, 0.717) is 28.9 Å². The molecule has 1 amide bonds. The molecule has 158 valence electrons. The smallest absolute Gasteiger partial charge is 0.278 e. The van der Waals surface area contributed by atoms with Crippen molar-refractivity contribution in [3.05, 3.63) is 85.7 Å². The second-order valence-electron chi connectivity index (χ2n) is 7.27. The van der Waals surface area contributed by atoms with Crippen LogP contribution in [0.2, 0.25) is 5.02 Å². The highest BCUT2D eigenvalue weighted by Gasteiger charge is 2.18. The maximum absolute atomic E-state index is 13.0. The first-order chi connectivity index (χ1) is 15.0. The van der Waals surface area contributed by atoms with Crippen LogP contribution < -0.4 is 10.9 Å². The summed E-state index contributed by atoms with van der Waals surface area (Å²) in [5, 5.41) is 9.39. The summed E-state index contributed by atoms with van der Waals surface area (Å²) in [7, 11) is 0. The SMILES string of the molecule is CCCn1nc(C(=O)Nc2ncc(Cc3ccc(C)c(Cl)c3)s2)c2ccccc2c1=O. The van der Waals surface area contributed by atoms with Gasteiger partial charge in [0.2, 0.25) is 0 Å². The third-order valence-corrected chi connectivity index (χ3v) is 6.23. The first-order valence-electron chi connectivity index (χ1n) is 9.97. The number of aryl methyl sites for hydroxylation is 2. The standard InChI is InChI=1S/C23H21ClN4O2S/c1-3-10-28-22(30)18-7-5-4-6-17(18)20(27-28)21(29)26-23-25-13-16(31-23)11-15-9-8-14(2)19(24)12-15/h4-9,12-13H,3,10-11H2,1-2H3,(H,25,26,29). The second kappa shape index (κ2) is 8.99. The molecule has 0 atom stereocenters. The number of anilines is 1. The summed E-state index contributed by atoms with van der Waals surface area (Å²) in [5.74, 6) is -0.389. The Balaban J connectivity index is 1.59. The highest BCUT2D eigenvalue weighted by atomic mass is 35.5. The molecule has 8 heteroatoms. The van der Waals surface area contributed by atoms with E-state index in [0.717, 1.165) is 27.4 Å². The quantitative estimate of drug-likeness (QED) is 0.443. The molecule has 2 aromatic heterocycles. The van der Waals surface area contributed by atoms with Gasteiger partial charge < -0.3 is 0 Å². The highest BCUT2D eigenvalue weighted by molar-refractivity contribution is 7.15. The number of rotatable bonds is 6. The normalized spacial score (nSPS) is 11.1. The minimum Gasteiger partial charge on any atom is -0.296 e. The molecule has 0 spiro atoms. The van der Waals surface area contributed by atoms with Crippen LogP contribution in [-0.4, -0.2) is 20.7 Å².